The highest BCUT2D eigenvalue weighted by Crippen LogP contribution is 2.23. The fraction of sp³-hybridized carbons (Fsp3) is 1.00. The molecular formula is C17H36N2. The van der Waals surface area contributed by atoms with Crippen LogP contribution in [-0.2, 0) is 0 Å². The van der Waals surface area contributed by atoms with Crippen LogP contribution in [0.3, 0.4) is 0 Å². The summed E-state index contributed by atoms with van der Waals surface area (Å²) in [6, 6.07) is 0.738. The van der Waals surface area contributed by atoms with Crippen LogP contribution in [0, 0.1) is 11.8 Å². The quantitative estimate of drug-likeness (QED) is 0.659. The average molecular weight is 268 g/mol. The molecule has 0 aromatic rings. The molecule has 0 aliphatic carbocycles. The predicted octanol–water partition coefficient (Wildman–Crippen LogP) is 3.86. The summed E-state index contributed by atoms with van der Waals surface area (Å²) in [7, 11) is 0. The summed E-state index contributed by atoms with van der Waals surface area (Å²) < 4.78 is 0. The lowest BCUT2D eigenvalue weighted by molar-refractivity contribution is 0.141. The van der Waals surface area contributed by atoms with Crippen molar-refractivity contribution in [2.75, 3.05) is 32.7 Å². The van der Waals surface area contributed by atoms with E-state index < -0.39 is 0 Å². The topological polar surface area (TPSA) is 6.48 Å². The Kier molecular flexibility index (Phi) is 8.01. The third-order valence-corrected chi connectivity index (χ3v) is 4.54. The van der Waals surface area contributed by atoms with Crippen LogP contribution in [0.4, 0.5) is 0 Å². The van der Waals surface area contributed by atoms with Crippen LogP contribution in [-0.4, -0.2) is 48.6 Å². The second kappa shape index (κ2) is 8.97. The van der Waals surface area contributed by atoms with E-state index in [1.165, 1.54) is 58.4 Å². The molecule has 1 fully saturated rings. The first-order chi connectivity index (χ1) is 9.02. The normalized spacial score (nSPS) is 18.9. The largest absolute Gasteiger partial charge is 0.303 e. The molecule has 0 atom stereocenters. The lowest BCUT2D eigenvalue weighted by Crippen LogP contribution is -2.38. The standard InChI is InChI=1S/C17H36N2/c1-6-18(14-15(2)3)11-7-8-17-9-12-19(13-10-17)16(4)5/h15-17H,6-14H2,1-5H3. The zero-order valence-corrected chi connectivity index (χ0v) is 14.0. The first kappa shape index (κ1) is 17.0. The van der Waals surface area contributed by atoms with Crippen LogP contribution in [0.1, 0.15) is 60.3 Å². The molecule has 1 heterocycles. The highest BCUT2D eigenvalue weighted by atomic mass is 15.1. The van der Waals surface area contributed by atoms with Gasteiger partial charge in [0.15, 0.2) is 0 Å². The molecule has 1 saturated heterocycles. The Morgan fingerprint density at radius 2 is 1.74 bits per heavy atom. The van der Waals surface area contributed by atoms with Crippen molar-refractivity contribution in [3.63, 3.8) is 0 Å². The minimum absolute atomic E-state index is 0.738. The van der Waals surface area contributed by atoms with Crippen LogP contribution in [0.5, 0.6) is 0 Å². The highest BCUT2D eigenvalue weighted by molar-refractivity contribution is 4.74. The molecule has 0 spiro atoms. The second-order valence-electron chi connectivity index (χ2n) is 7.00. The maximum atomic E-state index is 2.63. The minimum atomic E-state index is 0.738. The Bertz CT molecular complexity index is 217. The van der Waals surface area contributed by atoms with Crippen LogP contribution >= 0.6 is 0 Å². The van der Waals surface area contributed by atoms with E-state index in [-0.39, 0.29) is 0 Å². The monoisotopic (exact) mass is 268 g/mol. The number of hydrogen-bond acceptors (Lipinski definition) is 2. The first-order valence-corrected chi connectivity index (χ1v) is 8.49. The van der Waals surface area contributed by atoms with Gasteiger partial charge in [0, 0.05) is 12.6 Å². The van der Waals surface area contributed by atoms with E-state index in [0.717, 1.165) is 17.9 Å². The summed E-state index contributed by atoms with van der Waals surface area (Å²) in [6.07, 6.45) is 5.69. The van der Waals surface area contributed by atoms with E-state index in [1.54, 1.807) is 0 Å². The molecule has 0 bridgehead atoms. The van der Waals surface area contributed by atoms with Crippen LogP contribution in [0.15, 0.2) is 0 Å². The summed E-state index contributed by atoms with van der Waals surface area (Å²) >= 11 is 0. The van der Waals surface area contributed by atoms with Crippen LogP contribution in [0.25, 0.3) is 0 Å². The third-order valence-electron chi connectivity index (χ3n) is 4.54. The molecule has 0 aromatic heterocycles. The van der Waals surface area contributed by atoms with Gasteiger partial charge in [-0.05, 0) is 77.5 Å². The lowest BCUT2D eigenvalue weighted by atomic mass is 9.91. The highest BCUT2D eigenvalue weighted by Gasteiger charge is 2.20. The number of nitrogens with zero attached hydrogens (tertiary/aromatic N) is 2. The SMILES string of the molecule is CCN(CCCC1CCN(C(C)C)CC1)CC(C)C. The van der Waals surface area contributed by atoms with Gasteiger partial charge in [0.05, 0.1) is 0 Å². The molecule has 1 aliphatic rings. The summed E-state index contributed by atoms with van der Waals surface area (Å²) in [5.41, 5.74) is 0. The minimum Gasteiger partial charge on any atom is -0.303 e. The molecule has 0 N–H and O–H groups in total. The Labute approximate surface area is 121 Å². The van der Waals surface area contributed by atoms with E-state index in [9.17, 15) is 0 Å². The molecule has 19 heavy (non-hydrogen) atoms. The van der Waals surface area contributed by atoms with Crippen molar-refractivity contribution < 1.29 is 0 Å². The van der Waals surface area contributed by atoms with Gasteiger partial charge in [0.1, 0.15) is 0 Å². The Morgan fingerprint density at radius 3 is 2.21 bits per heavy atom. The third kappa shape index (κ3) is 6.76. The summed E-state index contributed by atoms with van der Waals surface area (Å²) in [5, 5.41) is 0. The summed E-state index contributed by atoms with van der Waals surface area (Å²) in [4.78, 5) is 5.25. The van der Waals surface area contributed by atoms with E-state index in [0.29, 0.717) is 0 Å². The van der Waals surface area contributed by atoms with Crippen molar-refractivity contribution in [1.29, 1.82) is 0 Å². The van der Waals surface area contributed by atoms with Crippen molar-refractivity contribution >= 4 is 0 Å². The Hall–Kier alpha value is -0.0800. The Morgan fingerprint density at radius 1 is 1.11 bits per heavy atom. The van der Waals surface area contributed by atoms with Gasteiger partial charge in [-0.2, -0.15) is 0 Å². The van der Waals surface area contributed by atoms with E-state index in [1.807, 2.05) is 0 Å². The first-order valence-electron chi connectivity index (χ1n) is 8.49. The van der Waals surface area contributed by atoms with Gasteiger partial charge in [0.2, 0.25) is 0 Å². The number of piperidine rings is 1. The molecule has 0 amide bonds. The van der Waals surface area contributed by atoms with Crippen LogP contribution < -0.4 is 0 Å². The Balaban J connectivity index is 2.13. The fourth-order valence-corrected chi connectivity index (χ4v) is 3.26. The lowest BCUT2D eigenvalue weighted by Gasteiger charge is -2.35. The van der Waals surface area contributed by atoms with Gasteiger partial charge in [-0.3, -0.25) is 0 Å². The summed E-state index contributed by atoms with van der Waals surface area (Å²) in [6.45, 7) is 18.0. The van der Waals surface area contributed by atoms with Crippen molar-refractivity contribution in [2.24, 2.45) is 11.8 Å². The predicted molar refractivity (Wildman–Crippen MR) is 85.6 cm³/mol. The summed E-state index contributed by atoms with van der Waals surface area (Å²) in [5.74, 6) is 1.79. The molecule has 0 saturated carbocycles. The zero-order chi connectivity index (χ0) is 14.3. The molecule has 0 unspecified atom stereocenters. The van der Waals surface area contributed by atoms with Crippen molar-refractivity contribution in [3.05, 3.63) is 0 Å². The van der Waals surface area contributed by atoms with Gasteiger partial charge in [-0.15, -0.1) is 0 Å². The van der Waals surface area contributed by atoms with Gasteiger partial charge < -0.3 is 9.80 Å². The van der Waals surface area contributed by atoms with Crippen molar-refractivity contribution in [3.8, 4) is 0 Å². The molecule has 114 valence electrons. The van der Waals surface area contributed by atoms with Crippen molar-refractivity contribution in [2.45, 2.75) is 66.3 Å². The molecular weight excluding hydrogens is 232 g/mol. The molecule has 2 heteroatoms. The van der Waals surface area contributed by atoms with E-state index >= 15 is 0 Å². The number of likely N-dealkylation sites (tertiary alicyclic amines) is 1. The van der Waals surface area contributed by atoms with Gasteiger partial charge in [-0.1, -0.05) is 20.8 Å². The molecule has 2 nitrogen and oxygen atoms in total. The zero-order valence-electron chi connectivity index (χ0n) is 14.0. The van der Waals surface area contributed by atoms with Gasteiger partial charge >= 0.3 is 0 Å². The number of rotatable bonds is 8. The average Bonchev–Trinajstić information content (AvgIpc) is 2.37. The molecule has 1 rings (SSSR count). The van der Waals surface area contributed by atoms with Gasteiger partial charge in [-0.25, -0.2) is 0 Å². The fourth-order valence-electron chi connectivity index (χ4n) is 3.26. The van der Waals surface area contributed by atoms with Gasteiger partial charge in [0.25, 0.3) is 0 Å². The molecule has 1 aliphatic heterocycles. The second-order valence-corrected chi connectivity index (χ2v) is 7.00. The van der Waals surface area contributed by atoms with E-state index in [4.69, 9.17) is 0 Å². The van der Waals surface area contributed by atoms with Crippen molar-refractivity contribution in [1.82, 2.24) is 9.80 Å². The van der Waals surface area contributed by atoms with E-state index in [2.05, 4.69) is 44.4 Å². The number of hydrogen-bond donors (Lipinski definition) is 0. The molecule has 0 radical (unpaired) electrons. The maximum Gasteiger partial charge on any atom is 0.00385 e. The van der Waals surface area contributed by atoms with Crippen LogP contribution in [0.2, 0.25) is 0 Å². The maximum absolute atomic E-state index is 2.63. The molecule has 0 aromatic carbocycles. The smallest absolute Gasteiger partial charge is 0.00385 e.